The molecule has 4 heteroatoms. The molecule has 0 spiro atoms. The maximum atomic E-state index is 13.7. The van der Waals surface area contributed by atoms with Crippen molar-refractivity contribution in [3.8, 4) is 0 Å². The molecule has 1 fully saturated rings. The molecule has 0 aromatic heterocycles. The number of carbonyl (C=O) groups is 1. The van der Waals surface area contributed by atoms with E-state index in [2.05, 4.69) is 0 Å². The molecule has 2 rings (SSSR count). The second-order valence-corrected chi connectivity index (χ2v) is 4.79. The van der Waals surface area contributed by atoms with Crippen LogP contribution in [0, 0.1) is 5.82 Å². The van der Waals surface area contributed by atoms with Gasteiger partial charge in [0.15, 0.2) is 0 Å². The maximum absolute atomic E-state index is 13.7. The molecule has 0 aliphatic carbocycles. The number of nitrogen functional groups attached to an aromatic ring is 1. The van der Waals surface area contributed by atoms with Crippen LogP contribution in [0.15, 0.2) is 18.2 Å². The predicted molar refractivity (Wildman–Crippen MR) is 69.3 cm³/mol. The van der Waals surface area contributed by atoms with Gasteiger partial charge in [-0.1, -0.05) is 18.9 Å². The van der Waals surface area contributed by atoms with E-state index in [0.717, 1.165) is 25.7 Å². The second-order valence-electron chi connectivity index (χ2n) is 4.79. The van der Waals surface area contributed by atoms with E-state index < -0.39 is 0 Å². The first kappa shape index (κ1) is 12.9. The molecule has 0 atom stereocenters. The zero-order chi connectivity index (χ0) is 13.0. The van der Waals surface area contributed by atoms with Crippen molar-refractivity contribution in [3.05, 3.63) is 29.6 Å². The molecule has 2 N–H and O–H groups in total. The van der Waals surface area contributed by atoms with E-state index in [-0.39, 0.29) is 18.3 Å². The number of benzene rings is 1. The van der Waals surface area contributed by atoms with E-state index in [1.165, 1.54) is 6.07 Å². The van der Waals surface area contributed by atoms with Crippen molar-refractivity contribution in [1.82, 2.24) is 4.90 Å². The van der Waals surface area contributed by atoms with Crippen molar-refractivity contribution in [3.63, 3.8) is 0 Å². The molecule has 98 valence electrons. The Labute approximate surface area is 107 Å². The first-order chi connectivity index (χ1) is 8.68. The van der Waals surface area contributed by atoms with Crippen molar-refractivity contribution in [2.45, 2.75) is 38.6 Å². The summed E-state index contributed by atoms with van der Waals surface area (Å²) in [5.74, 6) is -0.220. The highest BCUT2D eigenvalue weighted by Crippen LogP contribution is 2.20. The largest absolute Gasteiger partial charge is 0.398 e. The van der Waals surface area contributed by atoms with Crippen LogP contribution in [0.5, 0.6) is 0 Å². The number of hydrogen-bond donors (Lipinski definition) is 1. The minimum absolute atomic E-state index is 0.109. The zero-order valence-electron chi connectivity index (χ0n) is 10.5. The Bertz CT molecular complexity index is 414. The number of nitrogens with two attached hydrogens (primary N) is 1. The lowest BCUT2D eigenvalue weighted by Crippen LogP contribution is -2.33. The summed E-state index contributed by atoms with van der Waals surface area (Å²) < 4.78 is 13.7. The van der Waals surface area contributed by atoms with Crippen molar-refractivity contribution < 1.29 is 9.18 Å². The summed E-state index contributed by atoms with van der Waals surface area (Å²) in [7, 11) is 0. The van der Waals surface area contributed by atoms with Crippen LogP contribution in [0.25, 0.3) is 0 Å². The van der Waals surface area contributed by atoms with E-state index >= 15 is 0 Å². The van der Waals surface area contributed by atoms with Gasteiger partial charge in [0.25, 0.3) is 0 Å². The van der Waals surface area contributed by atoms with Crippen LogP contribution in [0.2, 0.25) is 0 Å². The molecule has 1 aliphatic heterocycles. The van der Waals surface area contributed by atoms with E-state index in [1.807, 2.05) is 0 Å². The van der Waals surface area contributed by atoms with Crippen molar-refractivity contribution in [2.24, 2.45) is 0 Å². The van der Waals surface area contributed by atoms with E-state index in [0.29, 0.717) is 24.2 Å². The Morgan fingerprint density at radius 2 is 2.00 bits per heavy atom. The number of halogens is 1. The number of carbonyl (C=O) groups excluding carboxylic acids is 1. The van der Waals surface area contributed by atoms with Gasteiger partial charge in [-0.2, -0.15) is 0 Å². The molecule has 1 saturated heterocycles. The number of likely N-dealkylation sites (tertiary alicyclic amines) is 1. The van der Waals surface area contributed by atoms with Crippen LogP contribution in [0.1, 0.15) is 37.7 Å². The lowest BCUT2D eigenvalue weighted by atomic mass is 10.1. The van der Waals surface area contributed by atoms with Gasteiger partial charge in [0, 0.05) is 24.2 Å². The fourth-order valence-electron chi connectivity index (χ4n) is 2.32. The molecule has 1 aromatic rings. The SMILES string of the molecule is Nc1cccc(F)c1CN1CCCCCCC1=O. The van der Waals surface area contributed by atoms with Gasteiger partial charge >= 0.3 is 0 Å². The van der Waals surface area contributed by atoms with E-state index in [4.69, 9.17) is 5.73 Å². The highest BCUT2D eigenvalue weighted by molar-refractivity contribution is 5.76. The van der Waals surface area contributed by atoms with Crippen molar-refractivity contribution in [1.29, 1.82) is 0 Å². The third kappa shape index (κ3) is 3.00. The summed E-state index contributed by atoms with van der Waals surface area (Å²) in [6.45, 7) is 0.990. The van der Waals surface area contributed by atoms with Crippen LogP contribution in [0.4, 0.5) is 10.1 Å². The summed E-state index contributed by atoms with van der Waals surface area (Å²) >= 11 is 0. The van der Waals surface area contributed by atoms with Gasteiger partial charge in [-0.15, -0.1) is 0 Å². The minimum atomic E-state index is -0.329. The van der Waals surface area contributed by atoms with Crippen LogP contribution in [-0.4, -0.2) is 17.4 Å². The quantitative estimate of drug-likeness (QED) is 0.820. The smallest absolute Gasteiger partial charge is 0.222 e. The molecule has 0 bridgehead atoms. The van der Waals surface area contributed by atoms with Gasteiger partial charge in [-0.3, -0.25) is 4.79 Å². The molecular weight excluding hydrogens is 231 g/mol. The summed E-state index contributed by atoms with van der Waals surface area (Å²) in [6, 6.07) is 4.65. The Hall–Kier alpha value is -1.58. The standard InChI is InChI=1S/C14H19FN2O/c15-12-6-5-7-13(16)11(12)10-17-9-4-2-1-3-8-14(17)18/h5-7H,1-4,8-10,16H2. The van der Waals surface area contributed by atoms with Gasteiger partial charge in [0.05, 0.1) is 6.54 Å². The third-order valence-corrected chi connectivity index (χ3v) is 3.43. The number of amides is 1. The molecular formula is C14H19FN2O. The molecule has 3 nitrogen and oxygen atoms in total. The molecule has 1 heterocycles. The van der Waals surface area contributed by atoms with Gasteiger partial charge in [-0.05, 0) is 25.0 Å². The number of nitrogens with zero attached hydrogens (tertiary/aromatic N) is 1. The first-order valence-corrected chi connectivity index (χ1v) is 6.49. The normalized spacial score (nSPS) is 17.4. The first-order valence-electron chi connectivity index (χ1n) is 6.49. The molecule has 0 unspecified atom stereocenters. The Kier molecular flexibility index (Phi) is 4.18. The summed E-state index contributed by atoms with van der Waals surface area (Å²) in [5.41, 5.74) is 6.63. The lowest BCUT2D eigenvalue weighted by Gasteiger charge is -2.25. The van der Waals surface area contributed by atoms with E-state index in [9.17, 15) is 9.18 Å². The van der Waals surface area contributed by atoms with Gasteiger partial charge < -0.3 is 10.6 Å². The topological polar surface area (TPSA) is 46.3 Å². The molecule has 1 aromatic carbocycles. The van der Waals surface area contributed by atoms with Crippen LogP contribution in [0.3, 0.4) is 0 Å². The van der Waals surface area contributed by atoms with Gasteiger partial charge in [0.1, 0.15) is 5.82 Å². The molecule has 0 saturated carbocycles. The Morgan fingerprint density at radius 1 is 1.22 bits per heavy atom. The molecule has 1 amide bonds. The van der Waals surface area contributed by atoms with E-state index in [1.54, 1.807) is 17.0 Å². The fraction of sp³-hybridized carbons (Fsp3) is 0.500. The Balaban J connectivity index is 2.13. The van der Waals surface area contributed by atoms with Crippen molar-refractivity contribution in [2.75, 3.05) is 12.3 Å². The Morgan fingerprint density at radius 3 is 2.78 bits per heavy atom. The van der Waals surface area contributed by atoms with Gasteiger partial charge in [0.2, 0.25) is 5.91 Å². The highest BCUT2D eigenvalue weighted by atomic mass is 19.1. The summed E-state index contributed by atoms with van der Waals surface area (Å²) in [6.07, 6.45) is 4.73. The number of hydrogen-bond acceptors (Lipinski definition) is 2. The monoisotopic (exact) mass is 250 g/mol. The van der Waals surface area contributed by atoms with Crippen LogP contribution in [-0.2, 0) is 11.3 Å². The van der Waals surface area contributed by atoms with Gasteiger partial charge in [-0.25, -0.2) is 4.39 Å². The summed E-state index contributed by atoms with van der Waals surface area (Å²) in [4.78, 5) is 13.7. The molecule has 0 radical (unpaired) electrons. The highest BCUT2D eigenvalue weighted by Gasteiger charge is 2.18. The minimum Gasteiger partial charge on any atom is -0.398 e. The molecule has 1 aliphatic rings. The van der Waals surface area contributed by atoms with Crippen molar-refractivity contribution >= 4 is 11.6 Å². The predicted octanol–water partition coefficient (Wildman–Crippen LogP) is 2.70. The van der Waals surface area contributed by atoms with Crippen LogP contribution >= 0.6 is 0 Å². The average Bonchev–Trinajstić information content (AvgIpc) is 2.32. The number of anilines is 1. The average molecular weight is 250 g/mol. The summed E-state index contributed by atoms with van der Waals surface area (Å²) in [5, 5.41) is 0. The molecule has 18 heavy (non-hydrogen) atoms. The lowest BCUT2D eigenvalue weighted by molar-refractivity contribution is -0.132. The third-order valence-electron chi connectivity index (χ3n) is 3.43. The number of rotatable bonds is 2. The second kappa shape index (κ2) is 5.85. The fourth-order valence-corrected chi connectivity index (χ4v) is 2.32. The maximum Gasteiger partial charge on any atom is 0.222 e. The zero-order valence-corrected chi connectivity index (χ0v) is 10.5. The van der Waals surface area contributed by atoms with Crippen LogP contribution < -0.4 is 5.73 Å².